The molecular formula is C17H23N3O2. The van der Waals surface area contributed by atoms with Crippen LogP contribution in [0.5, 0.6) is 0 Å². The molecule has 2 aromatic rings. The van der Waals surface area contributed by atoms with Crippen LogP contribution in [0.4, 0.5) is 0 Å². The zero-order valence-electron chi connectivity index (χ0n) is 13.4. The van der Waals surface area contributed by atoms with Gasteiger partial charge in [0.2, 0.25) is 0 Å². The quantitative estimate of drug-likeness (QED) is 0.854. The number of carbonyl (C=O) groups is 1. The number of aromatic nitrogens is 2. The van der Waals surface area contributed by atoms with E-state index in [9.17, 15) is 4.79 Å². The summed E-state index contributed by atoms with van der Waals surface area (Å²) in [6.45, 7) is 7.58. The first-order chi connectivity index (χ1) is 10.5. The van der Waals surface area contributed by atoms with E-state index in [1.54, 1.807) is 0 Å². The lowest BCUT2D eigenvalue weighted by Gasteiger charge is -2.19. The fourth-order valence-electron chi connectivity index (χ4n) is 2.61. The van der Waals surface area contributed by atoms with Crippen molar-refractivity contribution in [2.75, 3.05) is 13.1 Å². The number of carboxylic acids is 1. The Morgan fingerprint density at radius 1 is 1.27 bits per heavy atom. The van der Waals surface area contributed by atoms with Crippen molar-refractivity contribution in [3.8, 4) is 5.69 Å². The molecule has 1 aromatic carbocycles. The third-order valence-electron chi connectivity index (χ3n) is 3.50. The molecule has 5 nitrogen and oxygen atoms in total. The molecule has 0 saturated carbocycles. The molecule has 0 amide bonds. The maximum atomic E-state index is 10.9. The second kappa shape index (κ2) is 7.22. The number of benzene rings is 1. The van der Waals surface area contributed by atoms with E-state index >= 15 is 0 Å². The zero-order chi connectivity index (χ0) is 16.1. The van der Waals surface area contributed by atoms with Crippen LogP contribution < -0.4 is 0 Å². The molecule has 118 valence electrons. The average molecular weight is 301 g/mol. The molecule has 0 saturated heterocycles. The van der Waals surface area contributed by atoms with E-state index in [-0.39, 0.29) is 6.54 Å². The predicted molar refractivity (Wildman–Crippen MR) is 86.2 cm³/mol. The maximum Gasteiger partial charge on any atom is 0.317 e. The lowest BCUT2D eigenvalue weighted by Crippen LogP contribution is -2.30. The van der Waals surface area contributed by atoms with E-state index in [1.807, 2.05) is 53.8 Å². The highest BCUT2D eigenvalue weighted by Gasteiger charge is 2.10. The molecule has 0 radical (unpaired) electrons. The molecular weight excluding hydrogens is 278 g/mol. The van der Waals surface area contributed by atoms with Gasteiger partial charge in [-0.25, -0.2) is 4.68 Å². The van der Waals surface area contributed by atoms with Gasteiger partial charge >= 0.3 is 5.97 Å². The summed E-state index contributed by atoms with van der Waals surface area (Å²) in [7, 11) is 0. The van der Waals surface area contributed by atoms with Crippen LogP contribution in [-0.4, -0.2) is 38.8 Å². The topological polar surface area (TPSA) is 58.4 Å². The molecule has 0 spiro atoms. The molecule has 0 atom stereocenters. The lowest BCUT2D eigenvalue weighted by atomic mass is 10.2. The fraction of sp³-hybridized carbons (Fsp3) is 0.412. The van der Waals surface area contributed by atoms with Crippen molar-refractivity contribution in [2.24, 2.45) is 0 Å². The number of aliphatic carboxylic acids is 1. The van der Waals surface area contributed by atoms with Crippen LogP contribution in [0.2, 0.25) is 0 Å². The van der Waals surface area contributed by atoms with E-state index in [2.05, 4.69) is 12.0 Å². The molecule has 2 rings (SSSR count). The van der Waals surface area contributed by atoms with Crippen molar-refractivity contribution in [2.45, 2.75) is 33.7 Å². The van der Waals surface area contributed by atoms with Gasteiger partial charge in [-0.1, -0.05) is 19.1 Å². The molecule has 0 fully saturated rings. The van der Waals surface area contributed by atoms with E-state index in [0.717, 1.165) is 35.6 Å². The monoisotopic (exact) mass is 301 g/mol. The minimum absolute atomic E-state index is 0.0764. The summed E-state index contributed by atoms with van der Waals surface area (Å²) < 4.78 is 1.92. The van der Waals surface area contributed by atoms with Gasteiger partial charge in [0, 0.05) is 12.2 Å². The number of hydrogen-bond donors (Lipinski definition) is 1. The third kappa shape index (κ3) is 4.18. The molecule has 22 heavy (non-hydrogen) atoms. The van der Waals surface area contributed by atoms with E-state index in [0.29, 0.717) is 6.54 Å². The number of carboxylic acid groups (broad SMARTS) is 1. The highest BCUT2D eigenvalue weighted by atomic mass is 16.4. The van der Waals surface area contributed by atoms with E-state index < -0.39 is 5.97 Å². The first kappa shape index (κ1) is 16.2. The van der Waals surface area contributed by atoms with Gasteiger partial charge in [0.05, 0.1) is 17.9 Å². The number of rotatable bonds is 7. The van der Waals surface area contributed by atoms with Crippen LogP contribution in [0, 0.1) is 13.8 Å². The Morgan fingerprint density at radius 2 is 1.95 bits per heavy atom. The molecule has 0 unspecified atom stereocenters. The Morgan fingerprint density at radius 3 is 2.45 bits per heavy atom. The van der Waals surface area contributed by atoms with Crippen molar-refractivity contribution >= 4 is 5.97 Å². The summed E-state index contributed by atoms with van der Waals surface area (Å²) in [4.78, 5) is 12.8. The Labute approximate surface area is 131 Å². The second-order valence-electron chi connectivity index (χ2n) is 5.61. The third-order valence-corrected chi connectivity index (χ3v) is 3.50. The van der Waals surface area contributed by atoms with Crippen molar-refractivity contribution in [3.63, 3.8) is 0 Å². The zero-order valence-corrected chi connectivity index (χ0v) is 13.4. The molecule has 1 heterocycles. The van der Waals surface area contributed by atoms with Gasteiger partial charge < -0.3 is 5.11 Å². The first-order valence-electron chi connectivity index (χ1n) is 7.56. The number of nitrogens with zero attached hydrogens (tertiary/aromatic N) is 3. The normalized spacial score (nSPS) is 11.1. The van der Waals surface area contributed by atoms with Crippen molar-refractivity contribution < 1.29 is 9.90 Å². The summed E-state index contributed by atoms with van der Waals surface area (Å²) in [6.07, 6.45) is 0.942. The smallest absolute Gasteiger partial charge is 0.317 e. The fourth-order valence-corrected chi connectivity index (χ4v) is 2.61. The van der Waals surface area contributed by atoms with Crippen LogP contribution in [0.3, 0.4) is 0 Å². The van der Waals surface area contributed by atoms with Crippen LogP contribution >= 0.6 is 0 Å². The van der Waals surface area contributed by atoms with Crippen LogP contribution in [-0.2, 0) is 11.3 Å². The lowest BCUT2D eigenvalue weighted by molar-refractivity contribution is -0.138. The SMILES string of the molecule is CCCN(CC(=O)O)Cc1ccc(-n2nc(C)cc2C)cc1. The van der Waals surface area contributed by atoms with Gasteiger partial charge in [0.25, 0.3) is 0 Å². The Bertz CT molecular complexity index is 632. The standard InChI is InChI=1S/C17H23N3O2/c1-4-9-19(12-17(21)22)11-15-5-7-16(8-6-15)20-14(3)10-13(2)18-20/h5-8,10H,4,9,11-12H2,1-3H3,(H,21,22). The minimum Gasteiger partial charge on any atom is -0.480 e. The minimum atomic E-state index is -0.785. The summed E-state index contributed by atoms with van der Waals surface area (Å²) in [5.41, 5.74) is 4.23. The summed E-state index contributed by atoms with van der Waals surface area (Å²) >= 11 is 0. The Hall–Kier alpha value is -2.14. The largest absolute Gasteiger partial charge is 0.480 e. The Balaban J connectivity index is 2.11. The summed E-state index contributed by atoms with van der Waals surface area (Å²) in [6, 6.07) is 10.2. The molecule has 1 N–H and O–H groups in total. The van der Waals surface area contributed by atoms with E-state index in [4.69, 9.17) is 5.11 Å². The van der Waals surface area contributed by atoms with Crippen LogP contribution in [0.15, 0.2) is 30.3 Å². The van der Waals surface area contributed by atoms with Crippen molar-refractivity contribution in [1.82, 2.24) is 14.7 Å². The van der Waals surface area contributed by atoms with Crippen molar-refractivity contribution in [3.05, 3.63) is 47.3 Å². The first-order valence-corrected chi connectivity index (χ1v) is 7.56. The van der Waals surface area contributed by atoms with Crippen LogP contribution in [0.25, 0.3) is 5.69 Å². The highest BCUT2D eigenvalue weighted by molar-refractivity contribution is 5.69. The van der Waals surface area contributed by atoms with Crippen molar-refractivity contribution in [1.29, 1.82) is 0 Å². The molecule has 5 heteroatoms. The van der Waals surface area contributed by atoms with Gasteiger partial charge in [0.15, 0.2) is 0 Å². The van der Waals surface area contributed by atoms with Gasteiger partial charge in [-0.05, 0) is 50.6 Å². The van der Waals surface area contributed by atoms with Gasteiger partial charge in [-0.15, -0.1) is 0 Å². The van der Waals surface area contributed by atoms with Gasteiger partial charge in [-0.2, -0.15) is 5.10 Å². The number of aryl methyl sites for hydroxylation is 2. The molecule has 0 aliphatic heterocycles. The highest BCUT2D eigenvalue weighted by Crippen LogP contribution is 2.14. The maximum absolute atomic E-state index is 10.9. The Kier molecular flexibility index (Phi) is 5.33. The molecule has 0 aliphatic carbocycles. The molecule has 1 aromatic heterocycles. The van der Waals surface area contributed by atoms with Crippen LogP contribution in [0.1, 0.15) is 30.3 Å². The summed E-state index contributed by atoms with van der Waals surface area (Å²) in [5, 5.41) is 13.4. The van der Waals surface area contributed by atoms with Gasteiger partial charge in [-0.3, -0.25) is 9.69 Å². The second-order valence-corrected chi connectivity index (χ2v) is 5.61. The molecule has 0 bridgehead atoms. The predicted octanol–water partition coefficient (Wildman–Crippen LogP) is 2.79. The average Bonchev–Trinajstić information content (AvgIpc) is 2.78. The molecule has 0 aliphatic rings. The number of hydrogen-bond acceptors (Lipinski definition) is 3. The van der Waals surface area contributed by atoms with Gasteiger partial charge in [0.1, 0.15) is 0 Å². The summed E-state index contributed by atoms with van der Waals surface area (Å²) in [5.74, 6) is -0.785. The van der Waals surface area contributed by atoms with E-state index in [1.165, 1.54) is 0 Å².